The van der Waals surface area contributed by atoms with Gasteiger partial charge in [-0.15, -0.1) is 0 Å². The van der Waals surface area contributed by atoms with Crippen molar-refractivity contribution in [1.29, 1.82) is 0 Å². The standard InChI is InChI=1S/C16H24N4/c1-4-11-20-16(15(17)13(3)19-20)18-10-9-14-8-6-5-7-12(14)2/h5-8,18H,4,9-11,17H2,1-3H3. The SMILES string of the molecule is CCCn1nc(C)c(N)c1NCCc1ccccc1C. The third kappa shape index (κ3) is 3.13. The van der Waals surface area contributed by atoms with E-state index in [4.69, 9.17) is 5.73 Å². The van der Waals surface area contributed by atoms with Crippen molar-refractivity contribution in [2.45, 2.75) is 40.2 Å². The summed E-state index contributed by atoms with van der Waals surface area (Å²) in [7, 11) is 0. The van der Waals surface area contributed by atoms with E-state index < -0.39 is 0 Å². The van der Waals surface area contributed by atoms with Gasteiger partial charge < -0.3 is 11.1 Å². The minimum absolute atomic E-state index is 0.767. The Morgan fingerprint density at radius 3 is 2.70 bits per heavy atom. The third-order valence-electron chi connectivity index (χ3n) is 3.56. The van der Waals surface area contributed by atoms with Gasteiger partial charge in [-0.3, -0.25) is 0 Å². The summed E-state index contributed by atoms with van der Waals surface area (Å²) in [6.07, 6.45) is 2.04. The van der Waals surface area contributed by atoms with E-state index in [0.717, 1.165) is 43.1 Å². The highest BCUT2D eigenvalue weighted by Crippen LogP contribution is 2.22. The molecule has 0 fully saturated rings. The minimum atomic E-state index is 0.767. The molecule has 4 nitrogen and oxygen atoms in total. The van der Waals surface area contributed by atoms with Gasteiger partial charge in [0.25, 0.3) is 0 Å². The maximum atomic E-state index is 6.10. The molecule has 2 aromatic rings. The van der Waals surface area contributed by atoms with Gasteiger partial charge in [0, 0.05) is 13.1 Å². The van der Waals surface area contributed by atoms with Crippen LogP contribution < -0.4 is 11.1 Å². The predicted molar refractivity (Wildman–Crippen MR) is 85.0 cm³/mol. The molecule has 0 aliphatic rings. The molecule has 0 spiro atoms. The highest BCUT2D eigenvalue weighted by Gasteiger charge is 2.11. The van der Waals surface area contributed by atoms with Crippen LogP contribution in [0.15, 0.2) is 24.3 Å². The molecule has 0 bridgehead atoms. The second kappa shape index (κ2) is 6.46. The van der Waals surface area contributed by atoms with Gasteiger partial charge in [-0.05, 0) is 37.8 Å². The molecule has 3 N–H and O–H groups in total. The van der Waals surface area contributed by atoms with Crippen molar-refractivity contribution in [1.82, 2.24) is 9.78 Å². The Bertz CT molecular complexity index is 572. The zero-order chi connectivity index (χ0) is 14.5. The first kappa shape index (κ1) is 14.4. The van der Waals surface area contributed by atoms with Gasteiger partial charge in [0.05, 0.1) is 11.4 Å². The van der Waals surface area contributed by atoms with Crippen LogP contribution in [0.2, 0.25) is 0 Å². The van der Waals surface area contributed by atoms with Crippen LogP contribution in [0, 0.1) is 13.8 Å². The molecule has 4 heteroatoms. The lowest BCUT2D eigenvalue weighted by Gasteiger charge is -2.11. The lowest BCUT2D eigenvalue weighted by Crippen LogP contribution is -2.12. The lowest BCUT2D eigenvalue weighted by atomic mass is 10.1. The van der Waals surface area contributed by atoms with Crippen molar-refractivity contribution in [2.75, 3.05) is 17.6 Å². The number of nitrogen functional groups attached to an aromatic ring is 1. The molecule has 1 heterocycles. The van der Waals surface area contributed by atoms with E-state index in [1.807, 2.05) is 11.6 Å². The van der Waals surface area contributed by atoms with Crippen molar-refractivity contribution in [3.05, 3.63) is 41.1 Å². The number of nitrogens with two attached hydrogens (primary N) is 1. The summed E-state index contributed by atoms with van der Waals surface area (Å²) in [5.74, 6) is 0.956. The van der Waals surface area contributed by atoms with E-state index in [9.17, 15) is 0 Å². The molecule has 0 aliphatic carbocycles. The number of hydrogen-bond donors (Lipinski definition) is 2. The summed E-state index contributed by atoms with van der Waals surface area (Å²) in [6, 6.07) is 8.48. The van der Waals surface area contributed by atoms with Crippen LogP contribution in [-0.4, -0.2) is 16.3 Å². The van der Waals surface area contributed by atoms with E-state index >= 15 is 0 Å². The van der Waals surface area contributed by atoms with E-state index in [-0.39, 0.29) is 0 Å². The molecule has 1 aromatic carbocycles. The van der Waals surface area contributed by atoms with E-state index in [0.29, 0.717) is 0 Å². The summed E-state index contributed by atoms with van der Waals surface area (Å²) in [5, 5.41) is 7.91. The maximum absolute atomic E-state index is 6.10. The fraction of sp³-hybridized carbons (Fsp3) is 0.438. The van der Waals surface area contributed by atoms with Crippen LogP contribution in [-0.2, 0) is 13.0 Å². The number of benzene rings is 1. The summed E-state index contributed by atoms with van der Waals surface area (Å²) in [6.45, 7) is 8.00. The summed E-state index contributed by atoms with van der Waals surface area (Å²) in [4.78, 5) is 0. The highest BCUT2D eigenvalue weighted by molar-refractivity contribution is 5.64. The molecule has 1 aromatic heterocycles. The van der Waals surface area contributed by atoms with Gasteiger partial charge in [0.1, 0.15) is 5.82 Å². The van der Waals surface area contributed by atoms with E-state index in [1.54, 1.807) is 0 Å². The van der Waals surface area contributed by atoms with Gasteiger partial charge in [-0.25, -0.2) is 4.68 Å². The van der Waals surface area contributed by atoms with Crippen molar-refractivity contribution < 1.29 is 0 Å². The molecule has 108 valence electrons. The van der Waals surface area contributed by atoms with Crippen molar-refractivity contribution >= 4 is 11.5 Å². The average Bonchev–Trinajstić information content (AvgIpc) is 2.69. The highest BCUT2D eigenvalue weighted by atomic mass is 15.3. The molecule has 0 saturated carbocycles. The van der Waals surface area contributed by atoms with Gasteiger partial charge in [0.2, 0.25) is 0 Å². The maximum Gasteiger partial charge on any atom is 0.148 e. The van der Waals surface area contributed by atoms with Crippen LogP contribution >= 0.6 is 0 Å². The van der Waals surface area contributed by atoms with Gasteiger partial charge in [-0.1, -0.05) is 31.2 Å². The Labute approximate surface area is 121 Å². The molecule has 0 saturated heterocycles. The number of aryl methyl sites for hydroxylation is 3. The fourth-order valence-electron chi connectivity index (χ4n) is 2.36. The molecule has 0 atom stereocenters. The van der Waals surface area contributed by atoms with Crippen LogP contribution in [0.25, 0.3) is 0 Å². The van der Waals surface area contributed by atoms with Crippen LogP contribution in [0.4, 0.5) is 11.5 Å². The second-order valence-electron chi connectivity index (χ2n) is 5.17. The number of anilines is 2. The largest absolute Gasteiger partial charge is 0.394 e. The van der Waals surface area contributed by atoms with Crippen molar-refractivity contribution in [2.24, 2.45) is 0 Å². The minimum Gasteiger partial charge on any atom is -0.394 e. The molecule has 0 unspecified atom stereocenters. The van der Waals surface area contributed by atoms with Crippen LogP contribution in [0.3, 0.4) is 0 Å². The molecule has 0 amide bonds. The Balaban J connectivity index is 2.02. The van der Waals surface area contributed by atoms with Crippen LogP contribution in [0.1, 0.15) is 30.2 Å². The summed E-state index contributed by atoms with van der Waals surface area (Å²) >= 11 is 0. The second-order valence-corrected chi connectivity index (χ2v) is 5.17. The molecular formula is C16H24N4. The Morgan fingerprint density at radius 2 is 2.00 bits per heavy atom. The first-order valence-corrected chi connectivity index (χ1v) is 7.24. The Hall–Kier alpha value is -1.97. The number of nitrogens with zero attached hydrogens (tertiary/aromatic N) is 2. The van der Waals surface area contributed by atoms with Gasteiger partial charge >= 0.3 is 0 Å². The first-order valence-electron chi connectivity index (χ1n) is 7.24. The summed E-state index contributed by atoms with van der Waals surface area (Å²) < 4.78 is 1.97. The third-order valence-corrected chi connectivity index (χ3v) is 3.56. The zero-order valence-electron chi connectivity index (χ0n) is 12.6. The topological polar surface area (TPSA) is 55.9 Å². The molecule has 20 heavy (non-hydrogen) atoms. The van der Waals surface area contributed by atoms with E-state index in [2.05, 4.69) is 48.5 Å². The Kier molecular flexibility index (Phi) is 4.66. The van der Waals surface area contributed by atoms with Crippen molar-refractivity contribution in [3.8, 4) is 0 Å². The zero-order valence-corrected chi connectivity index (χ0v) is 12.6. The van der Waals surface area contributed by atoms with Gasteiger partial charge in [-0.2, -0.15) is 5.10 Å². The first-order chi connectivity index (χ1) is 9.63. The van der Waals surface area contributed by atoms with E-state index in [1.165, 1.54) is 11.1 Å². The Morgan fingerprint density at radius 1 is 1.25 bits per heavy atom. The molecule has 0 radical (unpaired) electrons. The quantitative estimate of drug-likeness (QED) is 0.849. The predicted octanol–water partition coefficient (Wildman–Crippen LogP) is 3.15. The number of nitrogens with one attached hydrogen (secondary N) is 1. The fourth-order valence-corrected chi connectivity index (χ4v) is 2.36. The molecular weight excluding hydrogens is 248 g/mol. The average molecular weight is 272 g/mol. The molecule has 0 aliphatic heterocycles. The smallest absolute Gasteiger partial charge is 0.148 e. The number of aromatic nitrogens is 2. The molecule has 2 rings (SSSR count). The number of rotatable bonds is 6. The van der Waals surface area contributed by atoms with Crippen molar-refractivity contribution in [3.63, 3.8) is 0 Å². The number of hydrogen-bond acceptors (Lipinski definition) is 3. The normalized spacial score (nSPS) is 10.8. The monoisotopic (exact) mass is 272 g/mol. The summed E-state index contributed by atoms with van der Waals surface area (Å²) in [5.41, 5.74) is 10.5. The lowest BCUT2D eigenvalue weighted by molar-refractivity contribution is 0.603. The van der Waals surface area contributed by atoms with Gasteiger partial charge in [0.15, 0.2) is 0 Å². The van der Waals surface area contributed by atoms with Crippen LogP contribution in [0.5, 0.6) is 0 Å².